The maximum Gasteiger partial charge on any atom is 0.140 e. The van der Waals surface area contributed by atoms with Crippen molar-refractivity contribution in [3.05, 3.63) is 24.8 Å². The number of imidazole rings is 1. The lowest BCUT2D eigenvalue weighted by Gasteiger charge is -1.85. The predicted octanol–water partition coefficient (Wildman–Crippen LogP) is 1.02. The van der Waals surface area contributed by atoms with Crippen molar-refractivity contribution >= 4 is 18.3 Å². The van der Waals surface area contributed by atoms with Gasteiger partial charge in [-0.05, 0) is 6.07 Å². The van der Waals surface area contributed by atoms with E-state index < -0.39 is 0 Å². The van der Waals surface area contributed by atoms with Crippen molar-refractivity contribution in [2.75, 3.05) is 0 Å². The maximum absolute atomic E-state index is 4.10. The van der Waals surface area contributed by atoms with Gasteiger partial charge in [0.25, 0.3) is 0 Å². The first-order chi connectivity index (χ1) is 4.86. The summed E-state index contributed by atoms with van der Waals surface area (Å²) >= 11 is 4.08. The van der Waals surface area contributed by atoms with E-state index in [1.807, 2.05) is 16.7 Å². The molecule has 0 saturated heterocycles. The largest absolute Gasteiger partial charge is 0.289 e. The summed E-state index contributed by atoms with van der Waals surface area (Å²) in [6.07, 6.45) is 5.21. The zero-order chi connectivity index (χ0) is 6.97. The Bertz CT molecular complexity index is 322. The van der Waals surface area contributed by atoms with Gasteiger partial charge in [-0.15, -0.1) is 12.6 Å². The van der Waals surface area contributed by atoms with E-state index in [-0.39, 0.29) is 0 Å². The van der Waals surface area contributed by atoms with Gasteiger partial charge in [-0.3, -0.25) is 4.40 Å². The Morgan fingerprint density at radius 2 is 2.40 bits per heavy atom. The average molecular weight is 151 g/mol. The van der Waals surface area contributed by atoms with Gasteiger partial charge in [0.15, 0.2) is 0 Å². The van der Waals surface area contributed by atoms with Gasteiger partial charge in [0.2, 0.25) is 0 Å². The molecule has 10 heavy (non-hydrogen) atoms. The van der Waals surface area contributed by atoms with Gasteiger partial charge in [-0.2, -0.15) is 0 Å². The monoisotopic (exact) mass is 151 g/mol. The minimum absolute atomic E-state index is 0.716. The highest BCUT2D eigenvalue weighted by Crippen LogP contribution is 2.05. The van der Waals surface area contributed by atoms with E-state index in [4.69, 9.17) is 0 Å². The van der Waals surface area contributed by atoms with Gasteiger partial charge in [0, 0.05) is 12.4 Å². The lowest BCUT2D eigenvalue weighted by Crippen LogP contribution is -1.81. The molecule has 0 fully saturated rings. The minimum Gasteiger partial charge on any atom is -0.289 e. The van der Waals surface area contributed by atoms with Gasteiger partial charge >= 0.3 is 0 Å². The Kier molecular flexibility index (Phi) is 1.14. The first kappa shape index (κ1) is 5.73. The number of aromatic nitrogens is 3. The van der Waals surface area contributed by atoms with E-state index in [0.29, 0.717) is 5.03 Å². The van der Waals surface area contributed by atoms with Crippen molar-refractivity contribution in [3.8, 4) is 0 Å². The third-order valence-electron chi connectivity index (χ3n) is 1.25. The van der Waals surface area contributed by atoms with Gasteiger partial charge in [-0.25, -0.2) is 9.97 Å². The summed E-state index contributed by atoms with van der Waals surface area (Å²) in [5.41, 5.74) is 0.875. The number of rotatable bonds is 0. The normalized spacial score (nSPS) is 10.5. The lowest BCUT2D eigenvalue weighted by atomic mass is 10.6. The summed E-state index contributed by atoms with van der Waals surface area (Å²) in [5.74, 6) is 0. The summed E-state index contributed by atoms with van der Waals surface area (Å²) in [4.78, 5) is 8.02. The van der Waals surface area contributed by atoms with Crippen molar-refractivity contribution in [1.29, 1.82) is 0 Å². The van der Waals surface area contributed by atoms with Crippen LogP contribution in [-0.2, 0) is 0 Å². The molecule has 0 atom stereocenters. The van der Waals surface area contributed by atoms with E-state index in [1.165, 1.54) is 0 Å². The molecule has 4 heteroatoms. The van der Waals surface area contributed by atoms with Crippen LogP contribution < -0.4 is 0 Å². The van der Waals surface area contributed by atoms with Crippen molar-refractivity contribution in [3.63, 3.8) is 0 Å². The molecular formula is C6H5N3S. The fraction of sp³-hybridized carbons (Fsp3) is 0. The molecule has 2 aromatic rings. The number of fused-ring (bicyclic) bond motifs is 1. The molecule has 0 spiro atoms. The zero-order valence-corrected chi connectivity index (χ0v) is 5.99. The van der Waals surface area contributed by atoms with E-state index >= 15 is 0 Å². The molecule has 0 aromatic carbocycles. The van der Waals surface area contributed by atoms with Crippen LogP contribution in [0.5, 0.6) is 0 Å². The van der Waals surface area contributed by atoms with Crippen molar-refractivity contribution in [1.82, 2.24) is 14.4 Å². The summed E-state index contributed by atoms with van der Waals surface area (Å²) in [5, 5.41) is 0.716. The third-order valence-corrected chi connectivity index (χ3v) is 1.46. The summed E-state index contributed by atoms with van der Waals surface area (Å²) in [7, 11) is 0. The molecule has 0 amide bonds. The zero-order valence-electron chi connectivity index (χ0n) is 5.10. The molecular weight excluding hydrogens is 146 g/mol. The summed E-state index contributed by atoms with van der Waals surface area (Å²) < 4.78 is 1.82. The van der Waals surface area contributed by atoms with Crippen LogP contribution in [0.15, 0.2) is 29.8 Å². The van der Waals surface area contributed by atoms with Crippen molar-refractivity contribution < 1.29 is 0 Å². The number of hydrogen-bond acceptors (Lipinski definition) is 3. The number of nitrogens with zero attached hydrogens (tertiary/aromatic N) is 3. The molecule has 3 nitrogen and oxygen atoms in total. The Morgan fingerprint density at radius 3 is 3.20 bits per heavy atom. The highest BCUT2D eigenvalue weighted by atomic mass is 32.1. The third kappa shape index (κ3) is 0.769. The molecule has 0 radical (unpaired) electrons. The van der Waals surface area contributed by atoms with Crippen LogP contribution in [0.3, 0.4) is 0 Å². The first-order valence-electron chi connectivity index (χ1n) is 2.84. The van der Waals surface area contributed by atoms with Crippen LogP contribution in [0.25, 0.3) is 5.65 Å². The Balaban J connectivity index is 2.88. The predicted molar refractivity (Wildman–Crippen MR) is 40.2 cm³/mol. The second-order valence-corrected chi connectivity index (χ2v) is 2.40. The molecule has 0 saturated carbocycles. The molecule has 0 aliphatic rings. The molecule has 0 bridgehead atoms. The van der Waals surface area contributed by atoms with E-state index in [2.05, 4.69) is 22.6 Å². The topological polar surface area (TPSA) is 30.2 Å². The first-order valence-corrected chi connectivity index (χ1v) is 3.29. The van der Waals surface area contributed by atoms with Crippen LogP contribution in [0.1, 0.15) is 0 Å². The maximum atomic E-state index is 4.10. The Hall–Kier alpha value is -1.03. The molecule has 50 valence electrons. The highest BCUT2D eigenvalue weighted by Gasteiger charge is 1.93. The molecule has 0 aliphatic carbocycles. The van der Waals surface area contributed by atoms with Crippen LogP contribution in [-0.4, -0.2) is 14.4 Å². The molecule has 2 aromatic heterocycles. The van der Waals surface area contributed by atoms with E-state index in [9.17, 15) is 0 Å². The molecule has 0 unspecified atom stereocenters. The Labute approximate surface area is 63.1 Å². The Morgan fingerprint density at radius 1 is 1.50 bits per heavy atom. The quantitative estimate of drug-likeness (QED) is 0.570. The second kappa shape index (κ2) is 1.98. The standard InChI is InChI=1S/C6H5N3S/c10-6-3-9-4-7-2-1-5(9)8-6/h1-4,10H. The van der Waals surface area contributed by atoms with E-state index in [1.54, 1.807) is 12.5 Å². The fourth-order valence-corrected chi connectivity index (χ4v) is 1.06. The number of hydrogen-bond donors (Lipinski definition) is 1. The lowest BCUT2D eigenvalue weighted by molar-refractivity contribution is 1.08. The second-order valence-electron chi connectivity index (χ2n) is 1.94. The van der Waals surface area contributed by atoms with Crippen molar-refractivity contribution in [2.45, 2.75) is 5.03 Å². The summed E-state index contributed by atoms with van der Waals surface area (Å²) in [6, 6.07) is 1.83. The fourth-order valence-electron chi connectivity index (χ4n) is 0.830. The molecule has 0 N–H and O–H groups in total. The van der Waals surface area contributed by atoms with Gasteiger partial charge in [0.1, 0.15) is 17.0 Å². The highest BCUT2D eigenvalue weighted by molar-refractivity contribution is 7.80. The summed E-state index contributed by atoms with van der Waals surface area (Å²) in [6.45, 7) is 0. The van der Waals surface area contributed by atoms with Gasteiger partial charge < -0.3 is 0 Å². The number of thiol groups is 1. The molecule has 2 heterocycles. The molecule has 2 rings (SSSR count). The van der Waals surface area contributed by atoms with Crippen LogP contribution in [0, 0.1) is 0 Å². The van der Waals surface area contributed by atoms with Crippen molar-refractivity contribution in [2.24, 2.45) is 0 Å². The van der Waals surface area contributed by atoms with Crippen LogP contribution in [0.2, 0.25) is 0 Å². The SMILES string of the molecule is Sc1cn2cnccc2n1. The van der Waals surface area contributed by atoms with Crippen LogP contribution in [0.4, 0.5) is 0 Å². The minimum atomic E-state index is 0.716. The van der Waals surface area contributed by atoms with Gasteiger partial charge in [-0.1, -0.05) is 0 Å². The average Bonchev–Trinajstić information content (AvgIpc) is 2.27. The van der Waals surface area contributed by atoms with Gasteiger partial charge in [0.05, 0.1) is 0 Å². The van der Waals surface area contributed by atoms with Crippen LogP contribution >= 0.6 is 12.6 Å². The van der Waals surface area contributed by atoms with E-state index in [0.717, 1.165) is 5.65 Å². The smallest absolute Gasteiger partial charge is 0.140 e. The molecule has 0 aliphatic heterocycles.